The van der Waals surface area contributed by atoms with Gasteiger partial charge >= 0.3 is 0 Å². The summed E-state index contributed by atoms with van der Waals surface area (Å²) in [7, 11) is 0. The lowest BCUT2D eigenvalue weighted by molar-refractivity contribution is -0.118. The van der Waals surface area contributed by atoms with Crippen molar-refractivity contribution in [3.8, 4) is 17.2 Å². The minimum absolute atomic E-state index is 0.145. The average Bonchev–Trinajstić information content (AvgIpc) is 2.66. The van der Waals surface area contributed by atoms with Crippen LogP contribution in [0.2, 0.25) is 0 Å². The van der Waals surface area contributed by atoms with Crippen molar-refractivity contribution < 1.29 is 19.0 Å². The Kier molecular flexibility index (Phi) is 4.59. The molecule has 134 valence electrons. The molecular weight excluding hydrogens is 398 g/mol. The van der Waals surface area contributed by atoms with Crippen LogP contribution in [0.4, 0.5) is 0 Å². The van der Waals surface area contributed by atoms with Crippen molar-refractivity contribution in [3.63, 3.8) is 0 Å². The number of benzene rings is 2. The molecule has 2 aromatic carbocycles. The molecule has 0 saturated carbocycles. The third-order valence-corrected chi connectivity index (χ3v) is 5.09. The van der Waals surface area contributed by atoms with E-state index in [9.17, 15) is 4.79 Å². The van der Waals surface area contributed by atoms with Gasteiger partial charge in [-0.15, -0.1) is 0 Å². The summed E-state index contributed by atoms with van der Waals surface area (Å²) < 4.78 is 17.8. The molecule has 0 spiro atoms. The van der Waals surface area contributed by atoms with Crippen molar-refractivity contribution in [3.05, 3.63) is 57.6 Å². The van der Waals surface area contributed by atoms with E-state index in [1.165, 1.54) is 0 Å². The van der Waals surface area contributed by atoms with Gasteiger partial charge in [-0.3, -0.25) is 4.79 Å². The fraction of sp³-hybridized carbons (Fsp3) is 0.250. The molecule has 1 unspecified atom stereocenters. The van der Waals surface area contributed by atoms with Crippen molar-refractivity contribution >= 4 is 27.9 Å². The van der Waals surface area contributed by atoms with Gasteiger partial charge < -0.3 is 19.5 Å². The van der Waals surface area contributed by atoms with E-state index >= 15 is 0 Å². The van der Waals surface area contributed by atoms with Crippen molar-refractivity contribution in [1.82, 2.24) is 5.32 Å². The maximum atomic E-state index is 12.7. The quantitative estimate of drug-likeness (QED) is 0.826. The predicted octanol–water partition coefficient (Wildman–Crippen LogP) is 3.87. The summed E-state index contributed by atoms with van der Waals surface area (Å²) in [5, 5.41) is 3.03. The Labute approximate surface area is 160 Å². The lowest BCUT2D eigenvalue weighted by atomic mass is 10.0. The lowest BCUT2D eigenvalue weighted by Crippen LogP contribution is -2.31. The number of nitrogens with one attached hydrogen (secondary N) is 1. The van der Waals surface area contributed by atoms with Crippen LogP contribution in [0, 0.1) is 0 Å². The van der Waals surface area contributed by atoms with Gasteiger partial charge in [0, 0.05) is 10.0 Å². The number of hydrogen-bond donors (Lipinski definition) is 1. The molecule has 0 bridgehead atoms. The zero-order chi connectivity index (χ0) is 18.1. The second-order valence-corrected chi connectivity index (χ2v) is 7.06. The topological polar surface area (TPSA) is 56.8 Å². The number of ether oxygens (including phenoxy) is 3. The number of fused-ring (bicyclic) bond motifs is 2. The van der Waals surface area contributed by atoms with Gasteiger partial charge in [0.15, 0.2) is 11.5 Å². The van der Waals surface area contributed by atoms with Crippen LogP contribution in [0.15, 0.2) is 46.4 Å². The first kappa shape index (κ1) is 17.0. The van der Waals surface area contributed by atoms with Gasteiger partial charge in [0.2, 0.25) is 0 Å². The van der Waals surface area contributed by atoms with Crippen molar-refractivity contribution in [2.45, 2.75) is 13.0 Å². The molecule has 0 aromatic heterocycles. The van der Waals surface area contributed by atoms with Crippen LogP contribution >= 0.6 is 15.9 Å². The smallest absolute Gasteiger partial charge is 0.251 e. The number of carbonyl (C=O) groups is 1. The Bertz CT molecular complexity index is 893. The van der Waals surface area contributed by atoms with Gasteiger partial charge in [-0.05, 0) is 36.8 Å². The Balaban J connectivity index is 1.53. The SMILES string of the molecule is CC(NC(=O)C1=Cc2ccccc2OC1)c1cc2c(cc1Br)OCCO2. The molecule has 0 aliphatic carbocycles. The normalized spacial score (nSPS) is 16.0. The first-order valence-electron chi connectivity index (χ1n) is 8.44. The Morgan fingerprint density at radius 2 is 1.81 bits per heavy atom. The first-order chi connectivity index (χ1) is 12.6. The molecule has 2 heterocycles. The van der Waals surface area contributed by atoms with Crippen molar-refractivity contribution in [2.24, 2.45) is 0 Å². The van der Waals surface area contributed by atoms with Crippen LogP contribution in [-0.2, 0) is 4.79 Å². The average molecular weight is 416 g/mol. The van der Waals surface area contributed by atoms with Crippen molar-refractivity contribution in [1.29, 1.82) is 0 Å². The summed E-state index contributed by atoms with van der Waals surface area (Å²) in [6.45, 7) is 3.27. The summed E-state index contributed by atoms with van der Waals surface area (Å²) >= 11 is 3.56. The maximum Gasteiger partial charge on any atom is 0.251 e. The summed E-state index contributed by atoms with van der Waals surface area (Å²) in [5.41, 5.74) is 2.45. The van der Waals surface area contributed by atoms with Crippen molar-refractivity contribution in [2.75, 3.05) is 19.8 Å². The van der Waals surface area contributed by atoms with E-state index in [-0.39, 0.29) is 18.6 Å². The van der Waals surface area contributed by atoms with E-state index in [4.69, 9.17) is 14.2 Å². The molecular formula is C20H18BrNO4. The number of para-hydroxylation sites is 1. The van der Waals surface area contributed by atoms with E-state index in [0.29, 0.717) is 30.3 Å². The molecule has 0 saturated heterocycles. The van der Waals surface area contributed by atoms with Gasteiger partial charge in [0.05, 0.1) is 11.6 Å². The summed E-state index contributed by atoms with van der Waals surface area (Å²) in [5.74, 6) is 2.07. The molecule has 2 aromatic rings. The van der Waals surface area contributed by atoms with E-state index in [0.717, 1.165) is 21.3 Å². The van der Waals surface area contributed by atoms with Crippen LogP contribution < -0.4 is 19.5 Å². The third-order valence-electron chi connectivity index (χ3n) is 4.40. The highest BCUT2D eigenvalue weighted by Gasteiger charge is 2.22. The van der Waals surface area contributed by atoms with E-state index in [1.807, 2.05) is 49.4 Å². The monoisotopic (exact) mass is 415 g/mol. The van der Waals surface area contributed by atoms with Gasteiger partial charge in [0.25, 0.3) is 5.91 Å². The summed E-state index contributed by atoms with van der Waals surface area (Å²) in [6, 6.07) is 11.3. The maximum absolute atomic E-state index is 12.7. The Morgan fingerprint density at radius 1 is 1.08 bits per heavy atom. The highest BCUT2D eigenvalue weighted by atomic mass is 79.9. The second kappa shape index (κ2) is 7.03. The van der Waals surface area contributed by atoms with E-state index in [2.05, 4.69) is 21.2 Å². The highest BCUT2D eigenvalue weighted by molar-refractivity contribution is 9.10. The number of hydrogen-bond acceptors (Lipinski definition) is 4. The number of rotatable bonds is 3. The fourth-order valence-electron chi connectivity index (χ4n) is 3.03. The van der Waals surface area contributed by atoms with Gasteiger partial charge in [-0.2, -0.15) is 0 Å². The molecule has 0 fully saturated rings. The van der Waals surface area contributed by atoms with Gasteiger partial charge in [-0.1, -0.05) is 34.1 Å². The van der Waals surface area contributed by atoms with Gasteiger partial charge in [-0.25, -0.2) is 0 Å². The largest absolute Gasteiger partial charge is 0.488 e. The molecule has 2 aliphatic rings. The third kappa shape index (κ3) is 3.29. The van der Waals surface area contributed by atoms with E-state index in [1.54, 1.807) is 0 Å². The molecule has 1 N–H and O–H groups in total. The molecule has 5 nitrogen and oxygen atoms in total. The zero-order valence-corrected chi connectivity index (χ0v) is 15.8. The molecule has 1 atom stereocenters. The Morgan fingerprint density at radius 3 is 2.62 bits per heavy atom. The lowest BCUT2D eigenvalue weighted by Gasteiger charge is -2.23. The fourth-order valence-corrected chi connectivity index (χ4v) is 3.69. The van der Waals surface area contributed by atoms with Crippen LogP contribution in [0.5, 0.6) is 17.2 Å². The van der Waals surface area contributed by atoms with Crippen LogP contribution in [0.3, 0.4) is 0 Å². The highest BCUT2D eigenvalue weighted by Crippen LogP contribution is 2.38. The standard InChI is InChI=1S/C20H18BrNO4/c1-12(15-9-18-19(10-16(15)21)25-7-6-24-18)22-20(23)14-8-13-4-2-3-5-17(13)26-11-14/h2-5,8-10,12H,6-7,11H2,1H3,(H,22,23). The number of halogens is 1. The summed E-state index contributed by atoms with van der Waals surface area (Å²) in [4.78, 5) is 12.7. The molecule has 1 amide bonds. The van der Waals surface area contributed by atoms with Crippen LogP contribution in [0.25, 0.3) is 6.08 Å². The molecule has 2 aliphatic heterocycles. The zero-order valence-electron chi connectivity index (χ0n) is 14.3. The second-order valence-electron chi connectivity index (χ2n) is 6.21. The predicted molar refractivity (Wildman–Crippen MR) is 102 cm³/mol. The summed E-state index contributed by atoms with van der Waals surface area (Å²) in [6.07, 6.45) is 1.87. The molecule has 4 rings (SSSR count). The molecule has 0 radical (unpaired) electrons. The molecule has 6 heteroatoms. The van der Waals surface area contributed by atoms with Gasteiger partial charge in [0.1, 0.15) is 25.6 Å². The minimum atomic E-state index is -0.203. The van der Waals surface area contributed by atoms with Crippen LogP contribution in [0.1, 0.15) is 24.1 Å². The van der Waals surface area contributed by atoms with Crippen LogP contribution in [-0.4, -0.2) is 25.7 Å². The Hall–Kier alpha value is -2.47. The molecule has 26 heavy (non-hydrogen) atoms. The minimum Gasteiger partial charge on any atom is -0.488 e. The number of carbonyl (C=O) groups excluding carboxylic acids is 1. The number of amides is 1. The van der Waals surface area contributed by atoms with E-state index < -0.39 is 0 Å². The first-order valence-corrected chi connectivity index (χ1v) is 9.23.